The van der Waals surface area contributed by atoms with Crippen LogP contribution >= 0.6 is 0 Å². The Morgan fingerprint density at radius 1 is 1.21 bits per heavy atom. The van der Waals surface area contributed by atoms with Crippen LogP contribution in [-0.2, 0) is 19.3 Å². The van der Waals surface area contributed by atoms with Crippen LogP contribution in [0.4, 0.5) is 13.2 Å². The maximum Gasteiger partial charge on any atom is 0.416 e. The van der Waals surface area contributed by atoms with Crippen molar-refractivity contribution in [2.24, 2.45) is 0 Å². The molecule has 0 aliphatic heterocycles. The highest BCUT2D eigenvalue weighted by Crippen LogP contribution is 2.32. The fourth-order valence-corrected chi connectivity index (χ4v) is 2.93. The number of likely N-dealkylation sites (N-methyl/N-ethyl adjacent to an activating group) is 1. The summed E-state index contributed by atoms with van der Waals surface area (Å²) >= 11 is 0. The van der Waals surface area contributed by atoms with Crippen LogP contribution in [0.3, 0.4) is 0 Å². The fraction of sp³-hybridized carbons (Fsp3) is 0.500. The predicted molar refractivity (Wildman–Crippen MR) is 101 cm³/mol. The first kappa shape index (κ1) is 21.3. The molecule has 1 N–H and O–H groups in total. The largest absolute Gasteiger partial charge is 0.447 e. The van der Waals surface area contributed by atoms with Crippen LogP contribution in [0.1, 0.15) is 40.3 Å². The molecule has 0 unspecified atom stereocenters. The second kappa shape index (κ2) is 8.96. The summed E-state index contributed by atoms with van der Waals surface area (Å²) in [5, 5.41) is 2.78. The SMILES string of the molecule is CN(C)CCNC(=O)c1coc(CN(Cc2ccc(C(F)(F)F)cc2)C2CC2)n1. The number of amides is 1. The number of hydrogen-bond donors (Lipinski definition) is 1. The minimum atomic E-state index is -4.34. The summed E-state index contributed by atoms with van der Waals surface area (Å²) < 4.78 is 43.6. The maximum atomic E-state index is 12.7. The van der Waals surface area contributed by atoms with Crippen molar-refractivity contribution < 1.29 is 22.4 Å². The van der Waals surface area contributed by atoms with Crippen molar-refractivity contribution in [3.05, 3.63) is 53.2 Å². The topological polar surface area (TPSA) is 61.6 Å². The van der Waals surface area contributed by atoms with Crippen LogP contribution < -0.4 is 5.32 Å². The molecule has 2 aromatic rings. The van der Waals surface area contributed by atoms with E-state index in [1.54, 1.807) is 0 Å². The quantitative estimate of drug-likeness (QED) is 0.688. The summed E-state index contributed by atoms with van der Waals surface area (Å²) in [6, 6.07) is 5.54. The fourth-order valence-electron chi connectivity index (χ4n) is 2.93. The van der Waals surface area contributed by atoms with Gasteiger partial charge in [-0.05, 0) is 44.6 Å². The summed E-state index contributed by atoms with van der Waals surface area (Å²) in [5.74, 6) is 0.129. The van der Waals surface area contributed by atoms with Crippen molar-refractivity contribution in [1.82, 2.24) is 20.1 Å². The molecule has 0 radical (unpaired) electrons. The van der Waals surface area contributed by atoms with Crippen molar-refractivity contribution in [3.8, 4) is 0 Å². The summed E-state index contributed by atoms with van der Waals surface area (Å²) in [4.78, 5) is 20.5. The lowest BCUT2D eigenvalue weighted by molar-refractivity contribution is -0.137. The van der Waals surface area contributed by atoms with E-state index in [2.05, 4.69) is 15.2 Å². The highest BCUT2D eigenvalue weighted by Gasteiger charge is 2.32. The monoisotopic (exact) mass is 410 g/mol. The molecular formula is C20H25F3N4O2. The highest BCUT2D eigenvalue weighted by atomic mass is 19.4. The van der Waals surface area contributed by atoms with Crippen LogP contribution in [0, 0.1) is 0 Å². The molecule has 6 nitrogen and oxygen atoms in total. The molecular weight excluding hydrogens is 385 g/mol. The van der Waals surface area contributed by atoms with E-state index in [0.717, 1.165) is 37.1 Å². The van der Waals surface area contributed by atoms with Crippen molar-refractivity contribution in [1.29, 1.82) is 0 Å². The summed E-state index contributed by atoms with van der Waals surface area (Å²) in [7, 11) is 3.84. The molecule has 1 fully saturated rings. The average molecular weight is 410 g/mol. The van der Waals surface area contributed by atoms with Crippen LogP contribution in [0.15, 0.2) is 34.9 Å². The van der Waals surface area contributed by atoms with Crippen LogP contribution in [-0.4, -0.2) is 53.9 Å². The van der Waals surface area contributed by atoms with Crippen molar-refractivity contribution >= 4 is 5.91 Å². The number of hydrogen-bond acceptors (Lipinski definition) is 5. The molecule has 0 saturated heterocycles. The molecule has 29 heavy (non-hydrogen) atoms. The Morgan fingerprint density at radius 3 is 2.48 bits per heavy atom. The van der Waals surface area contributed by atoms with Gasteiger partial charge in [-0.1, -0.05) is 12.1 Å². The Morgan fingerprint density at radius 2 is 1.90 bits per heavy atom. The summed E-state index contributed by atoms with van der Waals surface area (Å²) in [6.45, 7) is 2.13. The first-order chi connectivity index (χ1) is 13.7. The summed E-state index contributed by atoms with van der Waals surface area (Å²) in [5.41, 5.74) is 0.360. The van der Waals surface area contributed by atoms with Crippen LogP contribution in [0.5, 0.6) is 0 Å². The van der Waals surface area contributed by atoms with Gasteiger partial charge in [0.25, 0.3) is 5.91 Å². The van der Waals surface area contributed by atoms with Gasteiger partial charge in [-0.25, -0.2) is 4.98 Å². The number of aromatic nitrogens is 1. The zero-order valence-electron chi connectivity index (χ0n) is 16.5. The van der Waals surface area contributed by atoms with Gasteiger partial charge in [0, 0.05) is 25.7 Å². The van der Waals surface area contributed by atoms with E-state index in [0.29, 0.717) is 31.6 Å². The van der Waals surface area contributed by atoms with E-state index in [4.69, 9.17) is 4.42 Å². The molecule has 0 spiro atoms. The molecule has 1 aliphatic carbocycles. The highest BCUT2D eigenvalue weighted by molar-refractivity contribution is 5.91. The van der Waals surface area contributed by atoms with Gasteiger partial charge in [-0.3, -0.25) is 9.69 Å². The number of rotatable bonds is 9. The molecule has 1 heterocycles. The van der Waals surface area contributed by atoms with E-state index in [1.807, 2.05) is 19.0 Å². The van der Waals surface area contributed by atoms with E-state index in [1.165, 1.54) is 18.4 Å². The number of carbonyl (C=O) groups excluding carboxylic acids is 1. The average Bonchev–Trinajstić information content (AvgIpc) is 3.39. The standard InChI is InChI=1S/C20H25F3N4O2/c1-26(2)10-9-24-19(28)17-13-29-18(25-17)12-27(16-7-8-16)11-14-3-5-15(6-4-14)20(21,22)23/h3-6,13,16H,7-12H2,1-2H3,(H,24,28). The molecule has 1 aromatic carbocycles. The Hall–Kier alpha value is -2.39. The molecule has 158 valence electrons. The minimum Gasteiger partial charge on any atom is -0.447 e. The van der Waals surface area contributed by atoms with Gasteiger partial charge in [0.2, 0.25) is 5.89 Å². The number of nitrogens with zero attached hydrogens (tertiary/aromatic N) is 3. The number of benzene rings is 1. The predicted octanol–water partition coefficient (Wildman–Crippen LogP) is 3.15. The lowest BCUT2D eigenvalue weighted by atomic mass is 10.1. The first-order valence-corrected chi connectivity index (χ1v) is 9.50. The van der Waals surface area contributed by atoms with Crippen molar-refractivity contribution in [2.45, 2.75) is 38.1 Å². The molecule has 0 bridgehead atoms. The number of halogens is 3. The molecule has 9 heteroatoms. The van der Waals surface area contributed by atoms with E-state index < -0.39 is 11.7 Å². The lowest BCUT2D eigenvalue weighted by Gasteiger charge is -2.20. The van der Waals surface area contributed by atoms with Gasteiger partial charge in [0.1, 0.15) is 6.26 Å². The maximum absolute atomic E-state index is 12.7. The second-order valence-corrected chi connectivity index (χ2v) is 7.52. The molecule has 1 aromatic heterocycles. The number of carbonyl (C=O) groups is 1. The smallest absolute Gasteiger partial charge is 0.416 e. The Balaban J connectivity index is 1.59. The van der Waals surface area contributed by atoms with Gasteiger partial charge in [0.05, 0.1) is 12.1 Å². The Labute approximate surface area is 167 Å². The number of nitrogens with one attached hydrogen (secondary N) is 1. The van der Waals surface area contributed by atoms with Crippen LogP contribution in [0.25, 0.3) is 0 Å². The Bertz CT molecular complexity index is 814. The zero-order chi connectivity index (χ0) is 21.0. The second-order valence-electron chi connectivity index (χ2n) is 7.52. The third-order valence-corrected chi connectivity index (χ3v) is 4.70. The Kier molecular flexibility index (Phi) is 6.59. The van der Waals surface area contributed by atoms with Gasteiger partial charge in [-0.15, -0.1) is 0 Å². The van der Waals surface area contributed by atoms with Crippen molar-refractivity contribution in [3.63, 3.8) is 0 Å². The van der Waals surface area contributed by atoms with Gasteiger partial charge in [0.15, 0.2) is 5.69 Å². The van der Waals surface area contributed by atoms with E-state index >= 15 is 0 Å². The lowest BCUT2D eigenvalue weighted by Crippen LogP contribution is -2.31. The van der Waals surface area contributed by atoms with Crippen molar-refractivity contribution in [2.75, 3.05) is 27.2 Å². The van der Waals surface area contributed by atoms with E-state index in [9.17, 15) is 18.0 Å². The number of oxazole rings is 1. The zero-order valence-corrected chi connectivity index (χ0v) is 16.5. The van der Waals surface area contributed by atoms with E-state index in [-0.39, 0.29) is 11.6 Å². The molecule has 1 saturated carbocycles. The minimum absolute atomic E-state index is 0.226. The molecule has 3 rings (SSSR count). The third-order valence-electron chi connectivity index (χ3n) is 4.70. The number of alkyl halides is 3. The third kappa shape index (κ3) is 6.30. The van der Waals surface area contributed by atoms with Gasteiger partial charge >= 0.3 is 6.18 Å². The molecule has 0 atom stereocenters. The molecule has 1 aliphatic rings. The summed E-state index contributed by atoms with van der Waals surface area (Å²) in [6.07, 6.45) is -0.946. The van der Waals surface area contributed by atoms with Gasteiger partial charge < -0.3 is 14.6 Å². The molecule has 1 amide bonds. The van der Waals surface area contributed by atoms with Crippen LogP contribution in [0.2, 0.25) is 0 Å². The van der Waals surface area contributed by atoms with Gasteiger partial charge in [-0.2, -0.15) is 13.2 Å². The first-order valence-electron chi connectivity index (χ1n) is 9.50. The normalized spacial score (nSPS) is 14.6.